The van der Waals surface area contributed by atoms with Gasteiger partial charge in [0.05, 0.1) is 0 Å². The summed E-state index contributed by atoms with van der Waals surface area (Å²) in [5.41, 5.74) is 0. The molecule has 68 valence electrons. The van der Waals surface area contributed by atoms with Crippen molar-refractivity contribution in [3.05, 3.63) is 0 Å². The summed E-state index contributed by atoms with van der Waals surface area (Å²) in [6, 6.07) is 0. The van der Waals surface area contributed by atoms with Crippen LogP contribution in [0.3, 0.4) is 0 Å². The molecule has 2 heteroatoms. The van der Waals surface area contributed by atoms with Crippen molar-refractivity contribution in [2.45, 2.75) is 40.5 Å². The summed E-state index contributed by atoms with van der Waals surface area (Å²) in [6.07, 6.45) is 3.03. The van der Waals surface area contributed by atoms with E-state index in [-0.39, 0.29) is 0 Å². The second-order valence-corrected chi connectivity index (χ2v) is 2.14. The van der Waals surface area contributed by atoms with Crippen molar-refractivity contribution in [2.24, 2.45) is 0 Å². The van der Waals surface area contributed by atoms with Gasteiger partial charge in [0.15, 0.2) is 0 Å². The lowest BCUT2D eigenvalue weighted by Gasteiger charge is -2.13. The van der Waals surface area contributed by atoms with Crippen LogP contribution in [0.25, 0.3) is 0 Å². The maximum atomic E-state index is 10.2. The number of carbonyl (C=O) groups is 1. The van der Waals surface area contributed by atoms with Crippen molar-refractivity contribution in [3.8, 4) is 0 Å². The molecule has 2 nitrogen and oxygen atoms in total. The van der Waals surface area contributed by atoms with E-state index in [1.807, 2.05) is 13.8 Å². The van der Waals surface area contributed by atoms with Gasteiger partial charge >= 0.3 is 0 Å². The molecule has 0 aliphatic carbocycles. The zero-order valence-electron chi connectivity index (χ0n) is 8.26. The topological polar surface area (TPSA) is 20.3 Å². The minimum atomic E-state index is 0.900. The van der Waals surface area contributed by atoms with Gasteiger partial charge in [-0.25, -0.2) is 0 Å². The average molecular weight is 159 g/mol. The van der Waals surface area contributed by atoms with Crippen LogP contribution < -0.4 is 0 Å². The summed E-state index contributed by atoms with van der Waals surface area (Å²) in [5, 5.41) is 0. The van der Waals surface area contributed by atoms with Crippen LogP contribution in [0, 0.1) is 0 Å². The standard InChI is InChI=1S/C7H15NO.C2H6/c1-3-5-8(7-9)6-4-2;1-2/h7H,3-6H2,1-2H3;1-2H3. The monoisotopic (exact) mass is 159 g/mol. The van der Waals surface area contributed by atoms with Gasteiger partial charge in [-0.15, -0.1) is 0 Å². The van der Waals surface area contributed by atoms with Gasteiger partial charge in [0, 0.05) is 13.1 Å². The number of hydrogen-bond acceptors (Lipinski definition) is 1. The predicted molar refractivity (Wildman–Crippen MR) is 49.6 cm³/mol. The Morgan fingerprint density at radius 1 is 1.09 bits per heavy atom. The zero-order chi connectivity index (χ0) is 9.11. The lowest BCUT2D eigenvalue weighted by molar-refractivity contribution is -0.118. The first-order chi connectivity index (χ1) is 5.35. The van der Waals surface area contributed by atoms with Gasteiger partial charge in [-0.1, -0.05) is 27.7 Å². The fourth-order valence-electron chi connectivity index (χ4n) is 0.792. The fraction of sp³-hybridized carbons (Fsp3) is 0.889. The summed E-state index contributed by atoms with van der Waals surface area (Å²) < 4.78 is 0. The van der Waals surface area contributed by atoms with Gasteiger partial charge in [-0.3, -0.25) is 4.79 Å². The highest BCUT2D eigenvalue weighted by molar-refractivity contribution is 5.46. The predicted octanol–water partition coefficient (Wildman–Crippen LogP) is 2.29. The molecule has 0 N–H and O–H groups in total. The maximum Gasteiger partial charge on any atom is 0.209 e. The molecule has 11 heavy (non-hydrogen) atoms. The molecule has 0 unspecified atom stereocenters. The van der Waals surface area contributed by atoms with E-state index in [4.69, 9.17) is 0 Å². The summed E-state index contributed by atoms with van der Waals surface area (Å²) in [6.45, 7) is 9.95. The van der Waals surface area contributed by atoms with E-state index in [1.165, 1.54) is 0 Å². The van der Waals surface area contributed by atoms with Crippen LogP contribution in [0.5, 0.6) is 0 Å². The number of amides is 1. The van der Waals surface area contributed by atoms with Crippen LogP contribution in [-0.4, -0.2) is 24.4 Å². The van der Waals surface area contributed by atoms with Gasteiger partial charge in [-0.05, 0) is 12.8 Å². The minimum Gasteiger partial charge on any atom is -0.345 e. The molecule has 0 heterocycles. The quantitative estimate of drug-likeness (QED) is 0.564. The molecule has 0 bridgehead atoms. The third kappa shape index (κ3) is 9.47. The molecule has 0 radical (unpaired) electrons. The second-order valence-electron chi connectivity index (χ2n) is 2.14. The van der Waals surface area contributed by atoms with Crippen molar-refractivity contribution >= 4 is 6.41 Å². The molecule has 0 spiro atoms. The summed E-state index contributed by atoms with van der Waals surface area (Å²) >= 11 is 0. The highest BCUT2D eigenvalue weighted by atomic mass is 16.1. The summed E-state index contributed by atoms with van der Waals surface area (Å²) in [4.78, 5) is 12.0. The van der Waals surface area contributed by atoms with Crippen LogP contribution in [0.1, 0.15) is 40.5 Å². The molecule has 1 amide bonds. The Morgan fingerprint density at radius 3 is 1.64 bits per heavy atom. The van der Waals surface area contributed by atoms with Crippen molar-refractivity contribution in [2.75, 3.05) is 13.1 Å². The normalized spacial score (nSPS) is 8.00. The molecule has 0 aliphatic rings. The molecule has 0 aromatic heterocycles. The molecule has 0 saturated carbocycles. The van der Waals surface area contributed by atoms with E-state index >= 15 is 0 Å². The Balaban J connectivity index is 0. The molecule has 0 fully saturated rings. The van der Waals surface area contributed by atoms with E-state index in [0.29, 0.717) is 0 Å². The van der Waals surface area contributed by atoms with Crippen molar-refractivity contribution < 1.29 is 4.79 Å². The largest absolute Gasteiger partial charge is 0.345 e. The lowest BCUT2D eigenvalue weighted by Crippen LogP contribution is -2.23. The third-order valence-corrected chi connectivity index (χ3v) is 1.17. The molecular formula is C9H21NO. The first-order valence-corrected chi connectivity index (χ1v) is 4.54. The first-order valence-electron chi connectivity index (χ1n) is 4.54. The summed E-state index contributed by atoms with van der Waals surface area (Å²) in [7, 11) is 0. The second kappa shape index (κ2) is 12.2. The Labute approximate surface area is 70.6 Å². The Bertz CT molecular complexity index is 68.0. The van der Waals surface area contributed by atoms with Crippen molar-refractivity contribution in [3.63, 3.8) is 0 Å². The van der Waals surface area contributed by atoms with Crippen LogP contribution in [-0.2, 0) is 4.79 Å². The maximum absolute atomic E-state index is 10.2. The number of nitrogens with zero attached hydrogens (tertiary/aromatic N) is 1. The third-order valence-electron chi connectivity index (χ3n) is 1.17. The molecule has 0 aromatic carbocycles. The van der Waals surface area contributed by atoms with E-state index in [9.17, 15) is 4.79 Å². The van der Waals surface area contributed by atoms with Crippen LogP contribution in [0.2, 0.25) is 0 Å². The van der Waals surface area contributed by atoms with Gasteiger partial charge < -0.3 is 4.90 Å². The van der Waals surface area contributed by atoms with Crippen LogP contribution in [0.4, 0.5) is 0 Å². The molecule has 0 saturated heterocycles. The van der Waals surface area contributed by atoms with Crippen LogP contribution >= 0.6 is 0 Å². The minimum absolute atomic E-state index is 0.900. The van der Waals surface area contributed by atoms with E-state index < -0.39 is 0 Å². The summed E-state index contributed by atoms with van der Waals surface area (Å²) in [5.74, 6) is 0. The number of carbonyl (C=O) groups excluding carboxylic acids is 1. The highest BCUT2D eigenvalue weighted by Gasteiger charge is 1.94. The lowest BCUT2D eigenvalue weighted by atomic mass is 10.4. The van der Waals surface area contributed by atoms with Crippen molar-refractivity contribution in [1.82, 2.24) is 4.90 Å². The number of rotatable bonds is 5. The molecule has 0 aliphatic heterocycles. The van der Waals surface area contributed by atoms with Gasteiger partial charge in [0.2, 0.25) is 6.41 Å². The van der Waals surface area contributed by atoms with Crippen molar-refractivity contribution in [1.29, 1.82) is 0 Å². The van der Waals surface area contributed by atoms with Crippen LogP contribution in [0.15, 0.2) is 0 Å². The van der Waals surface area contributed by atoms with Gasteiger partial charge in [-0.2, -0.15) is 0 Å². The van der Waals surface area contributed by atoms with E-state index in [2.05, 4.69) is 13.8 Å². The van der Waals surface area contributed by atoms with Gasteiger partial charge in [0.25, 0.3) is 0 Å². The first kappa shape index (κ1) is 13.1. The number of hydrogen-bond donors (Lipinski definition) is 0. The smallest absolute Gasteiger partial charge is 0.209 e. The molecule has 0 aromatic rings. The molecular weight excluding hydrogens is 138 g/mol. The van der Waals surface area contributed by atoms with E-state index in [1.54, 1.807) is 4.90 Å². The van der Waals surface area contributed by atoms with Gasteiger partial charge in [0.1, 0.15) is 0 Å². The molecule has 0 atom stereocenters. The highest BCUT2D eigenvalue weighted by Crippen LogP contribution is 1.88. The molecule has 0 rings (SSSR count). The average Bonchev–Trinajstić information content (AvgIpc) is 2.08. The SMILES string of the molecule is CC.CCCN(C=O)CCC. The Morgan fingerprint density at radius 2 is 1.45 bits per heavy atom. The Kier molecular flexibility index (Phi) is 14.5. The fourth-order valence-corrected chi connectivity index (χ4v) is 0.792. The Hall–Kier alpha value is -0.530. The zero-order valence-corrected chi connectivity index (χ0v) is 8.26. The van der Waals surface area contributed by atoms with E-state index in [0.717, 1.165) is 32.3 Å².